The number of hydrogen-bond acceptors (Lipinski definition) is 5. The molecule has 0 radical (unpaired) electrons. The third-order valence-electron chi connectivity index (χ3n) is 3.44. The van der Waals surface area contributed by atoms with Gasteiger partial charge in [-0.3, -0.25) is 0 Å². The molecule has 0 amide bonds. The Morgan fingerprint density at radius 2 is 1.62 bits per heavy atom. The third-order valence-corrected chi connectivity index (χ3v) is 8.71. The lowest BCUT2D eigenvalue weighted by molar-refractivity contribution is 1.77. The first-order valence-electron chi connectivity index (χ1n) is 7.28. The predicted octanol–water partition coefficient (Wildman–Crippen LogP) is 7.71. The van der Waals surface area contributed by atoms with Gasteiger partial charge in [-0.1, -0.05) is 35.4 Å². The van der Waals surface area contributed by atoms with E-state index >= 15 is 0 Å². The van der Waals surface area contributed by atoms with Gasteiger partial charge in [0.15, 0.2) is 0 Å². The molecule has 3 aromatic heterocycles. The van der Waals surface area contributed by atoms with Crippen LogP contribution in [0, 0.1) is 0 Å². The molecule has 118 valence electrons. The minimum absolute atomic E-state index is 1.03. The highest BCUT2D eigenvalue weighted by molar-refractivity contribution is 8.17. The lowest BCUT2D eigenvalue weighted by atomic mass is 10.3. The minimum Gasteiger partial charge on any atom is -0.143 e. The Morgan fingerprint density at radius 3 is 2.38 bits per heavy atom. The molecule has 0 aliphatic carbocycles. The summed E-state index contributed by atoms with van der Waals surface area (Å²) in [5, 5.41) is 2.10. The van der Waals surface area contributed by atoms with Crippen LogP contribution in [0.25, 0.3) is 24.5 Å². The van der Waals surface area contributed by atoms with Crippen LogP contribution < -0.4 is 0 Å². The van der Waals surface area contributed by atoms with Crippen molar-refractivity contribution in [1.29, 1.82) is 0 Å². The summed E-state index contributed by atoms with van der Waals surface area (Å²) in [4.78, 5) is 9.66. The van der Waals surface area contributed by atoms with Crippen molar-refractivity contribution in [3.05, 3.63) is 73.9 Å². The molecule has 0 bridgehead atoms. The van der Waals surface area contributed by atoms with Gasteiger partial charge in [-0.2, -0.15) is 0 Å². The first kappa shape index (κ1) is 16.3. The molecule has 0 atom stereocenters. The van der Waals surface area contributed by atoms with E-state index in [0.717, 1.165) is 9.81 Å². The van der Waals surface area contributed by atoms with E-state index in [1.165, 1.54) is 29.3 Å². The third kappa shape index (κ3) is 3.17. The van der Waals surface area contributed by atoms with Crippen molar-refractivity contribution in [2.45, 2.75) is 6.92 Å². The van der Waals surface area contributed by atoms with Crippen molar-refractivity contribution in [1.82, 2.24) is 0 Å². The van der Waals surface area contributed by atoms with Crippen LogP contribution in [0.15, 0.2) is 59.3 Å². The standard InChI is InChI=1S/C19H12S5/c1-2-12(20)13-5-6-16(22-13)17-9-10-19(24-17)18-8-7-15(23-18)14-4-3-11-21-14/h2-6,9-11,20H,1H3/b12-2-. The highest BCUT2D eigenvalue weighted by atomic mass is 32.2. The Labute approximate surface area is 163 Å². The number of thiophene rings is 3. The smallest absolute Gasteiger partial charge is 0.0804 e. The molecule has 0 aromatic carbocycles. The molecular weight excluding hydrogens is 389 g/mol. The van der Waals surface area contributed by atoms with Crippen LogP contribution in [0.1, 0.15) is 21.6 Å². The van der Waals surface area contributed by atoms with Gasteiger partial charge in [-0.15, -0.1) is 46.6 Å². The Hall–Kier alpha value is -1.16. The monoisotopic (exact) mass is 400 g/mol. The Balaban J connectivity index is 1.60. The zero-order valence-corrected chi connectivity index (χ0v) is 16.9. The molecule has 0 fully saturated rings. The Morgan fingerprint density at radius 1 is 0.917 bits per heavy atom. The second-order valence-electron chi connectivity index (χ2n) is 4.99. The van der Waals surface area contributed by atoms with E-state index in [1.54, 1.807) is 34.4 Å². The molecule has 0 saturated carbocycles. The van der Waals surface area contributed by atoms with Gasteiger partial charge < -0.3 is 0 Å². The van der Waals surface area contributed by atoms with E-state index < -0.39 is 0 Å². The Bertz CT molecular complexity index is 1010. The maximum atomic E-state index is 4.51. The molecule has 0 unspecified atom stereocenters. The van der Waals surface area contributed by atoms with Crippen LogP contribution in [-0.4, -0.2) is 0 Å². The van der Waals surface area contributed by atoms with Crippen LogP contribution in [0.3, 0.4) is 0 Å². The van der Waals surface area contributed by atoms with Crippen molar-refractivity contribution in [2.75, 3.05) is 0 Å². The highest BCUT2D eigenvalue weighted by Gasteiger charge is 2.15. The summed E-state index contributed by atoms with van der Waals surface area (Å²) in [5.74, 6) is 0. The highest BCUT2D eigenvalue weighted by Crippen LogP contribution is 2.46. The predicted molar refractivity (Wildman–Crippen MR) is 116 cm³/mol. The van der Waals surface area contributed by atoms with E-state index in [4.69, 9.17) is 0 Å². The van der Waals surface area contributed by atoms with Gasteiger partial charge in [-0.25, -0.2) is 0 Å². The average Bonchev–Trinajstić information content (AvgIpc) is 3.40. The van der Waals surface area contributed by atoms with Gasteiger partial charge in [0, 0.05) is 24.4 Å². The summed E-state index contributed by atoms with van der Waals surface area (Å²) in [6, 6.07) is 12.9. The summed E-state index contributed by atoms with van der Waals surface area (Å²) in [7, 11) is 0. The van der Waals surface area contributed by atoms with Crippen molar-refractivity contribution >= 4 is 73.1 Å². The topological polar surface area (TPSA) is 0 Å². The zero-order valence-electron chi connectivity index (χ0n) is 12.7. The van der Waals surface area contributed by atoms with E-state index in [1.807, 2.05) is 24.3 Å². The van der Waals surface area contributed by atoms with Crippen molar-refractivity contribution < 1.29 is 0 Å². The molecule has 0 spiro atoms. The molecule has 5 heteroatoms. The van der Waals surface area contributed by atoms with Crippen molar-refractivity contribution in [3.63, 3.8) is 0 Å². The van der Waals surface area contributed by atoms with Gasteiger partial charge in [0.25, 0.3) is 0 Å². The fourth-order valence-corrected chi connectivity index (χ4v) is 6.31. The minimum atomic E-state index is 1.03. The molecule has 4 rings (SSSR count). The lowest BCUT2D eigenvalue weighted by Crippen LogP contribution is -1.70. The molecule has 1 aliphatic heterocycles. The van der Waals surface area contributed by atoms with Gasteiger partial charge in [0.2, 0.25) is 0 Å². The summed E-state index contributed by atoms with van der Waals surface area (Å²) in [6.45, 7) is 2.01. The molecule has 1 aliphatic rings. The normalized spacial score (nSPS) is 14.2. The van der Waals surface area contributed by atoms with Gasteiger partial charge in [0.05, 0.1) is 14.7 Å². The number of rotatable bonds is 4. The van der Waals surface area contributed by atoms with E-state index in [-0.39, 0.29) is 0 Å². The molecule has 24 heavy (non-hydrogen) atoms. The molecule has 0 nitrogen and oxygen atoms in total. The summed E-state index contributed by atoms with van der Waals surface area (Å²) >= 11 is 11.6. The lowest BCUT2D eigenvalue weighted by Gasteiger charge is -1.98. The second-order valence-corrected chi connectivity index (χ2v) is 9.61. The molecule has 0 saturated heterocycles. The van der Waals surface area contributed by atoms with E-state index in [9.17, 15) is 0 Å². The van der Waals surface area contributed by atoms with Crippen LogP contribution >= 0.6 is 58.4 Å². The van der Waals surface area contributed by atoms with Gasteiger partial charge in [0.1, 0.15) is 0 Å². The van der Waals surface area contributed by atoms with Crippen LogP contribution in [0.2, 0.25) is 0 Å². The summed E-state index contributed by atoms with van der Waals surface area (Å²) in [5.41, 5.74) is 6.58. The van der Waals surface area contributed by atoms with E-state index in [2.05, 4.69) is 65.9 Å². The van der Waals surface area contributed by atoms with Crippen LogP contribution in [-0.2, 0) is 0 Å². The first-order valence-corrected chi connectivity index (χ1v) is 11.1. The quantitative estimate of drug-likeness (QED) is 0.345. The summed E-state index contributed by atoms with van der Waals surface area (Å²) < 4.78 is 0. The molecular formula is C19H12S5. The molecule has 3 aromatic rings. The fraction of sp³-hybridized carbons (Fsp3) is 0.0526. The largest absolute Gasteiger partial charge is 0.143 e. The second kappa shape index (κ2) is 6.99. The van der Waals surface area contributed by atoms with Crippen molar-refractivity contribution in [2.24, 2.45) is 0 Å². The first-order chi connectivity index (χ1) is 11.7. The fourth-order valence-electron chi connectivity index (χ4n) is 2.24. The number of thioether (sulfide) groups is 1. The number of hydrogen-bond donors (Lipinski definition) is 1. The van der Waals surface area contributed by atoms with Crippen LogP contribution in [0.4, 0.5) is 0 Å². The maximum Gasteiger partial charge on any atom is 0.0804 e. The number of thiol groups is 1. The SMILES string of the molecule is C/C=C(\S)c1ccc(-c2ccc(C3=C=C=C(c4cccs4)S3)s2)s1. The summed E-state index contributed by atoms with van der Waals surface area (Å²) in [6.07, 6.45) is 2.03. The van der Waals surface area contributed by atoms with Crippen LogP contribution in [0.5, 0.6) is 0 Å². The maximum absolute atomic E-state index is 4.51. The number of allylic oxidation sites excluding steroid dienone is 1. The molecule has 0 N–H and O–H groups in total. The van der Waals surface area contributed by atoms with E-state index in [0.29, 0.717) is 0 Å². The average molecular weight is 401 g/mol. The Kier molecular flexibility index (Phi) is 4.75. The van der Waals surface area contributed by atoms with Gasteiger partial charge in [-0.05, 0) is 42.6 Å². The molecule has 4 heterocycles. The zero-order chi connectivity index (χ0) is 16.5. The van der Waals surface area contributed by atoms with Crippen molar-refractivity contribution in [3.8, 4) is 9.75 Å². The van der Waals surface area contributed by atoms with Gasteiger partial charge >= 0.3 is 0 Å².